The van der Waals surface area contributed by atoms with E-state index in [4.69, 9.17) is 21.6 Å². The van der Waals surface area contributed by atoms with Crippen molar-refractivity contribution in [2.45, 2.75) is 13.0 Å². The fraction of sp³-hybridized carbons (Fsp3) is 0.417. The topological polar surface area (TPSA) is 36.3 Å². The van der Waals surface area contributed by atoms with E-state index >= 15 is 0 Å². The minimum atomic E-state index is 0.190. The third kappa shape index (κ3) is 2.88. The first-order chi connectivity index (χ1) is 7.60. The molecular formula is C12H15ClN2O. The summed E-state index contributed by atoms with van der Waals surface area (Å²) in [5, 5.41) is 9.65. The number of anilines is 1. The number of likely N-dealkylation sites (N-methyl/N-ethyl adjacent to an activating group) is 1. The van der Waals surface area contributed by atoms with Crippen LogP contribution in [0.15, 0.2) is 18.2 Å². The molecule has 1 rings (SSSR count). The number of halogens is 1. The average molecular weight is 239 g/mol. The highest BCUT2D eigenvalue weighted by Gasteiger charge is 2.13. The molecule has 1 aromatic rings. The summed E-state index contributed by atoms with van der Waals surface area (Å²) in [6, 6.07) is 7.60. The van der Waals surface area contributed by atoms with Gasteiger partial charge in [0.05, 0.1) is 17.9 Å². The van der Waals surface area contributed by atoms with Crippen molar-refractivity contribution < 1.29 is 4.74 Å². The highest BCUT2D eigenvalue weighted by molar-refractivity contribution is 6.30. The molecule has 16 heavy (non-hydrogen) atoms. The van der Waals surface area contributed by atoms with Gasteiger partial charge in [-0.3, -0.25) is 0 Å². The predicted molar refractivity (Wildman–Crippen MR) is 65.9 cm³/mol. The van der Waals surface area contributed by atoms with Crippen molar-refractivity contribution in [3.63, 3.8) is 0 Å². The molecule has 4 heteroatoms. The number of benzene rings is 1. The molecule has 0 saturated carbocycles. The third-order valence-electron chi connectivity index (χ3n) is 2.53. The van der Waals surface area contributed by atoms with E-state index in [2.05, 4.69) is 6.07 Å². The molecule has 0 heterocycles. The molecule has 86 valence electrons. The van der Waals surface area contributed by atoms with Crippen molar-refractivity contribution in [2.75, 3.05) is 25.7 Å². The molecule has 0 aliphatic carbocycles. The molecule has 0 bridgehead atoms. The Morgan fingerprint density at radius 1 is 1.56 bits per heavy atom. The fourth-order valence-electron chi connectivity index (χ4n) is 1.48. The maximum Gasteiger partial charge on any atom is 0.101 e. The molecule has 0 radical (unpaired) electrons. The van der Waals surface area contributed by atoms with Gasteiger partial charge in [0.15, 0.2) is 0 Å². The van der Waals surface area contributed by atoms with Crippen LogP contribution in [0.2, 0.25) is 5.02 Å². The van der Waals surface area contributed by atoms with E-state index in [0.29, 0.717) is 17.2 Å². The summed E-state index contributed by atoms with van der Waals surface area (Å²) in [5.74, 6) is 0. The van der Waals surface area contributed by atoms with Gasteiger partial charge < -0.3 is 9.64 Å². The smallest absolute Gasteiger partial charge is 0.101 e. The first-order valence-corrected chi connectivity index (χ1v) is 5.39. The van der Waals surface area contributed by atoms with E-state index in [0.717, 1.165) is 5.69 Å². The summed E-state index contributed by atoms with van der Waals surface area (Å²) >= 11 is 5.93. The lowest BCUT2D eigenvalue weighted by molar-refractivity contribution is 0.183. The van der Waals surface area contributed by atoms with Gasteiger partial charge in [0, 0.05) is 25.2 Å². The molecule has 0 spiro atoms. The Hall–Kier alpha value is -1.24. The van der Waals surface area contributed by atoms with Crippen molar-refractivity contribution in [3.05, 3.63) is 28.8 Å². The lowest BCUT2D eigenvalue weighted by Gasteiger charge is -2.27. The van der Waals surface area contributed by atoms with Gasteiger partial charge in [-0.1, -0.05) is 11.6 Å². The molecule has 0 N–H and O–H groups in total. The summed E-state index contributed by atoms with van der Waals surface area (Å²) in [7, 11) is 3.59. The summed E-state index contributed by atoms with van der Waals surface area (Å²) in [5.41, 5.74) is 1.45. The molecular weight excluding hydrogens is 224 g/mol. The van der Waals surface area contributed by atoms with E-state index in [1.807, 2.05) is 18.9 Å². The van der Waals surface area contributed by atoms with Gasteiger partial charge in [0.2, 0.25) is 0 Å². The third-order valence-corrected chi connectivity index (χ3v) is 2.76. The van der Waals surface area contributed by atoms with Crippen LogP contribution in [-0.2, 0) is 4.74 Å². The van der Waals surface area contributed by atoms with Crippen LogP contribution >= 0.6 is 11.6 Å². The van der Waals surface area contributed by atoms with E-state index in [-0.39, 0.29) is 6.04 Å². The quantitative estimate of drug-likeness (QED) is 0.809. The normalized spacial score (nSPS) is 11.9. The fourth-order valence-corrected chi connectivity index (χ4v) is 1.65. The van der Waals surface area contributed by atoms with Crippen LogP contribution < -0.4 is 4.90 Å². The molecule has 3 nitrogen and oxygen atoms in total. The molecule has 0 aliphatic heterocycles. The molecule has 1 aromatic carbocycles. The summed E-state index contributed by atoms with van der Waals surface area (Å²) < 4.78 is 5.09. The van der Waals surface area contributed by atoms with Gasteiger partial charge in [-0.25, -0.2) is 0 Å². The summed E-state index contributed by atoms with van der Waals surface area (Å²) in [4.78, 5) is 1.99. The molecule has 0 fully saturated rings. The van der Waals surface area contributed by atoms with Gasteiger partial charge >= 0.3 is 0 Å². The molecule has 0 aliphatic rings. The first-order valence-electron chi connectivity index (χ1n) is 5.01. The summed E-state index contributed by atoms with van der Waals surface area (Å²) in [6.45, 7) is 2.64. The minimum absolute atomic E-state index is 0.190. The van der Waals surface area contributed by atoms with Crippen molar-refractivity contribution >= 4 is 17.3 Å². The standard InChI is InChI=1S/C12H15ClN2O/c1-9(8-16-3)15(2)12-6-11(13)5-4-10(12)7-14/h4-6,9H,8H2,1-3H3. The number of ether oxygens (including phenoxy) is 1. The number of hydrogen-bond acceptors (Lipinski definition) is 3. The predicted octanol–water partition coefficient (Wildman–Crippen LogP) is 2.68. The van der Waals surface area contributed by atoms with Crippen molar-refractivity contribution in [1.82, 2.24) is 0 Å². The maximum absolute atomic E-state index is 9.02. The van der Waals surface area contributed by atoms with Crippen LogP contribution in [0, 0.1) is 11.3 Å². The molecule has 1 unspecified atom stereocenters. The Balaban J connectivity index is 3.02. The van der Waals surface area contributed by atoms with Crippen LogP contribution in [0.3, 0.4) is 0 Å². The van der Waals surface area contributed by atoms with E-state index < -0.39 is 0 Å². The highest BCUT2D eigenvalue weighted by Crippen LogP contribution is 2.24. The van der Waals surface area contributed by atoms with Crippen LogP contribution in [-0.4, -0.2) is 26.8 Å². The Bertz CT molecular complexity index is 400. The van der Waals surface area contributed by atoms with Crippen LogP contribution in [0.4, 0.5) is 5.69 Å². The maximum atomic E-state index is 9.02. The highest BCUT2D eigenvalue weighted by atomic mass is 35.5. The van der Waals surface area contributed by atoms with Crippen LogP contribution in [0.5, 0.6) is 0 Å². The lowest BCUT2D eigenvalue weighted by atomic mass is 10.1. The number of nitrogens with zero attached hydrogens (tertiary/aromatic N) is 2. The van der Waals surface area contributed by atoms with Gasteiger partial charge in [0.25, 0.3) is 0 Å². The van der Waals surface area contributed by atoms with Gasteiger partial charge in [-0.05, 0) is 25.1 Å². The zero-order valence-electron chi connectivity index (χ0n) is 9.70. The zero-order valence-corrected chi connectivity index (χ0v) is 10.5. The Labute approximate surface area is 101 Å². The molecule has 1 atom stereocenters. The van der Waals surface area contributed by atoms with Crippen LogP contribution in [0.25, 0.3) is 0 Å². The monoisotopic (exact) mass is 238 g/mol. The molecule has 0 aromatic heterocycles. The Kier molecular flexibility index (Phi) is 4.60. The zero-order chi connectivity index (χ0) is 12.1. The first kappa shape index (κ1) is 12.8. The van der Waals surface area contributed by atoms with Gasteiger partial charge in [-0.15, -0.1) is 0 Å². The second-order valence-electron chi connectivity index (χ2n) is 3.69. The number of hydrogen-bond donors (Lipinski definition) is 0. The van der Waals surface area contributed by atoms with Crippen molar-refractivity contribution in [2.24, 2.45) is 0 Å². The molecule has 0 saturated heterocycles. The van der Waals surface area contributed by atoms with E-state index in [1.54, 1.807) is 25.3 Å². The number of nitriles is 1. The van der Waals surface area contributed by atoms with Gasteiger partial charge in [-0.2, -0.15) is 5.26 Å². The SMILES string of the molecule is COCC(C)N(C)c1cc(Cl)ccc1C#N. The van der Waals surface area contributed by atoms with Crippen molar-refractivity contribution in [3.8, 4) is 6.07 Å². The molecule has 0 amide bonds. The van der Waals surface area contributed by atoms with Gasteiger partial charge in [0.1, 0.15) is 6.07 Å². The summed E-state index contributed by atoms with van der Waals surface area (Å²) in [6.07, 6.45) is 0. The van der Waals surface area contributed by atoms with E-state index in [9.17, 15) is 0 Å². The van der Waals surface area contributed by atoms with E-state index in [1.165, 1.54) is 0 Å². The van der Waals surface area contributed by atoms with Crippen molar-refractivity contribution in [1.29, 1.82) is 5.26 Å². The Morgan fingerprint density at radius 3 is 2.81 bits per heavy atom. The Morgan fingerprint density at radius 2 is 2.25 bits per heavy atom. The minimum Gasteiger partial charge on any atom is -0.383 e. The second kappa shape index (κ2) is 5.74. The average Bonchev–Trinajstić information content (AvgIpc) is 2.28. The largest absolute Gasteiger partial charge is 0.383 e. The lowest BCUT2D eigenvalue weighted by Crippen LogP contribution is -2.33. The van der Waals surface area contributed by atoms with Crippen LogP contribution in [0.1, 0.15) is 12.5 Å². The number of rotatable bonds is 4. The number of methoxy groups -OCH3 is 1. The second-order valence-corrected chi connectivity index (χ2v) is 4.12.